The van der Waals surface area contributed by atoms with Crippen molar-refractivity contribution in [1.82, 2.24) is 0 Å². The van der Waals surface area contributed by atoms with Crippen molar-refractivity contribution in [3.05, 3.63) is 0 Å². The van der Waals surface area contributed by atoms with Crippen molar-refractivity contribution in [2.75, 3.05) is 0 Å². The number of rotatable bonds is 1. The van der Waals surface area contributed by atoms with Gasteiger partial charge in [0.1, 0.15) is 6.29 Å². The molecule has 3 heteroatoms. The summed E-state index contributed by atoms with van der Waals surface area (Å²) in [5, 5.41) is 0. The zero-order valence-electron chi connectivity index (χ0n) is 7.45. The Kier molecular flexibility index (Phi) is 1.73. The minimum Gasteiger partial charge on any atom is -0.345 e. The summed E-state index contributed by atoms with van der Waals surface area (Å²) < 4.78 is 11.2. The standard InChI is InChI=1S/C9H14O3/c1-9(2)11-7-3-6(5-10)4-8(7)12-9/h5-8H,3-4H2,1-2H3/t6?,7-,8+. The van der Waals surface area contributed by atoms with Crippen molar-refractivity contribution in [3.63, 3.8) is 0 Å². The normalized spacial score (nSPS) is 44.3. The Labute approximate surface area is 72.0 Å². The van der Waals surface area contributed by atoms with Crippen LogP contribution in [0, 0.1) is 5.92 Å². The van der Waals surface area contributed by atoms with Crippen LogP contribution < -0.4 is 0 Å². The lowest BCUT2D eigenvalue weighted by atomic mass is 10.1. The molecule has 1 saturated carbocycles. The van der Waals surface area contributed by atoms with Gasteiger partial charge in [-0.2, -0.15) is 0 Å². The fraction of sp³-hybridized carbons (Fsp3) is 0.889. The summed E-state index contributed by atoms with van der Waals surface area (Å²) in [5.41, 5.74) is 0. The third-order valence-electron chi connectivity index (χ3n) is 2.55. The highest BCUT2D eigenvalue weighted by Crippen LogP contribution is 2.39. The van der Waals surface area contributed by atoms with Gasteiger partial charge in [-0.25, -0.2) is 0 Å². The smallest absolute Gasteiger partial charge is 0.163 e. The first kappa shape index (κ1) is 8.20. The van der Waals surface area contributed by atoms with E-state index < -0.39 is 5.79 Å². The minimum atomic E-state index is -0.441. The van der Waals surface area contributed by atoms with Gasteiger partial charge in [0, 0.05) is 5.92 Å². The van der Waals surface area contributed by atoms with Gasteiger partial charge < -0.3 is 14.3 Å². The van der Waals surface area contributed by atoms with E-state index in [0.717, 1.165) is 19.1 Å². The largest absolute Gasteiger partial charge is 0.345 e. The molecule has 1 aliphatic heterocycles. The summed E-state index contributed by atoms with van der Waals surface area (Å²) in [5.74, 6) is -0.292. The zero-order valence-corrected chi connectivity index (χ0v) is 7.45. The molecule has 1 heterocycles. The maximum absolute atomic E-state index is 10.5. The van der Waals surface area contributed by atoms with Crippen LogP contribution in [-0.2, 0) is 14.3 Å². The molecule has 3 atom stereocenters. The number of ether oxygens (including phenoxy) is 2. The molecule has 0 radical (unpaired) electrons. The predicted molar refractivity (Wildman–Crippen MR) is 42.6 cm³/mol. The molecule has 1 unspecified atom stereocenters. The van der Waals surface area contributed by atoms with Crippen LogP contribution in [0.25, 0.3) is 0 Å². The van der Waals surface area contributed by atoms with Gasteiger partial charge >= 0.3 is 0 Å². The Morgan fingerprint density at radius 3 is 2.17 bits per heavy atom. The van der Waals surface area contributed by atoms with Crippen LogP contribution in [0.5, 0.6) is 0 Å². The van der Waals surface area contributed by atoms with Crippen LogP contribution in [0.2, 0.25) is 0 Å². The molecule has 2 rings (SSSR count). The molecular formula is C9H14O3. The van der Waals surface area contributed by atoms with E-state index in [9.17, 15) is 4.79 Å². The molecule has 1 saturated heterocycles. The summed E-state index contributed by atoms with van der Waals surface area (Å²) in [6.45, 7) is 3.84. The molecule has 0 amide bonds. The molecule has 0 spiro atoms. The van der Waals surface area contributed by atoms with Gasteiger partial charge in [-0.3, -0.25) is 0 Å². The van der Waals surface area contributed by atoms with Crippen molar-refractivity contribution < 1.29 is 14.3 Å². The van der Waals surface area contributed by atoms with E-state index >= 15 is 0 Å². The van der Waals surface area contributed by atoms with Gasteiger partial charge in [0.25, 0.3) is 0 Å². The van der Waals surface area contributed by atoms with Crippen LogP contribution in [0.1, 0.15) is 26.7 Å². The molecule has 2 aliphatic rings. The Hall–Kier alpha value is -0.410. The lowest BCUT2D eigenvalue weighted by Crippen LogP contribution is -2.23. The molecule has 0 aromatic rings. The quantitative estimate of drug-likeness (QED) is 0.553. The highest BCUT2D eigenvalue weighted by atomic mass is 16.8. The highest BCUT2D eigenvalue weighted by Gasteiger charge is 2.47. The summed E-state index contributed by atoms with van der Waals surface area (Å²) >= 11 is 0. The highest BCUT2D eigenvalue weighted by molar-refractivity contribution is 5.54. The fourth-order valence-electron chi connectivity index (χ4n) is 2.11. The number of hydrogen-bond acceptors (Lipinski definition) is 3. The number of hydrogen-bond donors (Lipinski definition) is 0. The van der Waals surface area contributed by atoms with E-state index in [4.69, 9.17) is 9.47 Å². The monoisotopic (exact) mass is 170 g/mol. The van der Waals surface area contributed by atoms with Crippen molar-refractivity contribution >= 4 is 6.29 Å². The third kappa shape index (κ3) is 1.27. The second-order valence-electron chi connectivity index (χ2n) is 4.08. The Morgan fingerprint density at radius 2 is 1.75 bits per heavy atom. The molecule has 0 aromatic carbocycles. The molecule has 3 nitrogen and oxygen atoms in total. The summed E-state index contributed by atoms with van der Waals surface area (Å²) in [7, 11) is 0. The molecule has 1 aliphatic carbocycles. The number of aldehydes is 1. The fourth-order valence-corrected chi connectivity index (χ4v) is 2.11. The maximum atomic E-state index is 10.5. The van der Waals surface area contributed by atoms with Crippen LogP contribution in [-0.4, -0.2) is 24.3 Å². The number of fused-ring (bicyclic) bond motifs is 1. The average molecular weight is 170 g/mol. The first-order valence-corrected chi connectivity index (χ1v) is 4.42. The van der Waals surface area contributed by atoms with Gasteiger partial charge in [-0.05, 0) is 26.7 Å². The predicted octanol–water partition coefficient (Wildman–Crippen LogP) is 1.12. The topological polar surface area (TPSA) is 35.5 Å². The van der Waals surface area contributed by atoms with E-state index in [1.807, 2.05) is 13.8 Å². The molecule has 0 aromatic heterocycles. The minimum absolute atomic E-state index is 0.148. The molecular weight excluding hydrogens is 156 g/mol. The van der Waals surface area contributed by atoms with Crippen molar-refractivity contribution in [2.24, 2.45) is 5.92 Å². The molecule has 68 valence electrons. The second kappa shape index (κ2) is 2.54. The molecule has 0 N–H and O–H groups in total. The van der Waals surface area contributed by atoms with Gasteiger partial charge in [0.15, 0.2) is 5.79 Å². The SMILES string of the molecule is CC1(C)O[C@H]2CC(C=O)C[C@H]2O1. The summed E-state index contributed by atoms with van der Waals surface area (Å²) in [4.78, 5) is 10.5. The van der Waals surface area contributed by atoms with Crippen molar-refractivity contribution in [2.45, 2.75) is 44.7 Å². The number of carbonyl (C=O) groups is 1. The van der Waals surface area contributed by atoms with Crippen LogP contribution in [0.4, 0.5) is 0 Å². The third-order valence-corrected chi connectivity index (χ3v) is 2.55. The zero-order chi connectivity index (χ0) is 8.77. The van der Waals surface area contributed by atoms with Crippen molar-refractivity contribution in [1.29, 1.82) is 0 Å². The van der Waals surface area contributed by atoms with Crippen LogP contribution in [0.15, 0.2) is 0 Å². The average Bonchev–Trinajstić information content (AvgIpc) is 2.40. The van der Waals surface area contributed by atoms with Gasteiger partial charge in [0.05, 0.1) is 12.2 Å². The lowest BCUT2D eigenvalue weighted by molar-refractivity contribution is -0.154. The second-order valence-corrected chi connectivity index (χ2v) is 4.08. The summed E-state index contributed by atoms with van der Waals surface area (Å²) in [6, 6.07) is 0. The first-order valence-electron chi connectivity index (χ1n) is 4.42. The number of carbonyl (C=O) groups excluding carboxylic acids is 1. The van der Waals surface area contributed by atoms with E-state index in [2.05, 4.69) is 0 Å². The van der Waals surface area contributed by atoms with E-state index in [-0.39, 0.29) is 18.1 Å². The first-order chi connectivity index (χ1) is 5.61. The van der Waals surface area contributed by atoms with Gasteiger partial charge in [-0.15, -0.1) is 0 Å². The van der Waals surface area contributed by atoms with E-state index in [1.165, 1.54) is 0 Å². The molecule has 0 bridgehead atoms. The maximum Gasteiger partial charge on any atom is 0.163 e. The van der Waals surface area contributed by atoms with E-state index in [0.29, 0.717) is 0 Å². The lowest BCUT2D eigenvalue weighted by Gasteiger charge is -2.18. The Bertz CT molecular complexity index is 184. The van der Waals surface area contributed by atoms with Gasteiger partial charge in [0.2, 0.25) is 0 Å². The van der Waals surface area contributed by atoms with Crippen LogP contribution >= 0.6 is 0 Å². The Morgan fingerprint density at radius 1 is 1.25 bits per heavy atom. The molecule has 12 heavy (non-hydrogen) atoms. The van der Waals surface area contributed by atoms with Crippen molar-refractivity contribution in [3.8, 4) is 0 Å². The summed E-state index contributed by atoms with van der Waals surface area (Å²) in [6.07, 6.45) is 2.97. The van der Waals surface area contributed by atoms with Gasteiger partial charge in [-0.1, -0.05) is 0 Å². The Balaban J connectivity index is 2.02. The van der Waals surface area contributed by atoms with Crippen LogP contribution in [0.3, 0.4) is 0 Å². The van der Waals surface area contributed by atoms with E-state index in [1.54, 1.807) is 0 Å². The molecule has 2 fully saturated rings.